The summed E-state index contributed by atoms with van der Waals surface area (Å²) in [7, 11) is -2.52. The van der Waals surface area contributed by atoms with Gasteiger partial charge in [-0.3, -0.25) is 24.0 Å². The number of carbonyl (C=O) groups excluding carboxylic acids is 1. The molecule has 41 heavy (non-hydrogen) atoms. The van der Waals surface area contributed by atoms with Crippen LogP contribution in [0, 0.1) is 0 Å². The molecule has 0 aliphatic carbocycles. The number of rotatable bonds is 11. The highest BCUT2D eigenvalue weighted by Gasteiger charge is 2.29. The van der Waals surface area contributed by atoms with E-state index < -0.39 is 27.2 Å². The number of ether oxygens (including phenoxy) is 2. The number of furan rings is 1. The van der Waals surface area contributed by atoms with E-state index in [0.29, 0.717) is 17.7 Å². The molecule has 1 aliphatic rings. The topological polar surface area (TPSA) is 170 Å². The molecule has 0 atom stereocenters. The third kappa shape index (κ3) is 6.61. The van der Waals surface area contributed by atoms with Gasteiger partial charge in [0.15, 0.2) is 5.69 Å². The fourth-order valence-electron chi connectivity index (χ4n) is 4.38. The quantitative estimate of drug-likeness (QED) is 0.318. The summed E-state index contributed by atoms with van der Waals surface area (Å²) in [4.78, 5) is 42.2. The van der Waals surface area contributed by atoms with Gasteiger partial charge >= 0.3 is 5.69 Å². The van der Waals surface area contributed by atoms with Crippen LogP contribution in [0.3, 0.4) is 0 Å². The number of benzene rings is 1. The predicted molar refractivity (Wildman–Crippen MR) is 152 cm³/mol. The number of hydrogen-bond donors (Lipinski definition) is 2. The average molecular weight is 588 g/mol. The van der Waals surface area contributed by atoms with Crippen LogP contribution in [0.5, 0.6) is 5.75 Å². The standard InChI is InChI=1S/C27H33N5O8S/c1-3-4-11-31-25(28)24(26(34)29-27(31)35)32(18-20-6-5-14-40-20)23(33)10-8-19-7-9-21(38-2)22(17-19)41(36,37)30-12-15-39-16-13-30/h5-10,14,17H,3-4,11-13,15-16,18,28H2,1-2H3,(H,29,34,35)/b10-8+. The number of anilines is 2. The first-order chi connectivity index (χ1) is 19.7. The maximum Gasteiger partial charge on any atom is 0.330 e. The molecule has 3 N–H and O–H groups in total. The molecule has 3 aromatic rings. The van der Waals surface area contributed by atoms with E-state index in [1.807, 2.05) is 6.92 Å². The minimum absolute atomic E-state index is 0.0485. The van der Waals surface area contributed by atoms with Crippen molar-refractivity contribution in [2.75, 3.05) is 44.0 Å². The fourth-order valence-corrected chi connectivity index (χ4v) is 5.98. The monoisotopic (exact) mass is 587 g/mol. The highest BCUT2D eigenvalue weighted by Crippen LogP contribution is 2.29. The fraction of sp³-hybridized carbons (Fsp3) is 0.370. The van der Waals surface area contributed by atoms with Crippen LogP contribution in [-0.2, 0) is 32.6 Å². The maximum atomic E-state index is 13.5. The lowest BCUT2D eigenvalue weighted by Gasteiger charge is -2.26. The molecule has 220 valence electrons. The Morgan fingerprint density at radius 2 is 1.98 bits per heavy atom. The Morgan fingerprint density at radius 3 is 2.63 bits per heavy atom. The number of unbranched alkanes of at least 4 members (excludes halogenated alkanes) is 1. The highest BCUT2D eigenvalue weighted by molar-refractivity contribution is 7.89. The summed E-state index contributed by atoms with van der Waals surface area (Å²) in [5.74, 6) is -0.259. The number of carbonyl (C=O) groups is 1. The van der Waals surface area contributed by atoms with Gasteiger partial charge in [0, 0.05) is 25.7 Å². The minimum atomic E-state index is -3.89. The Labute approximate surface area is 236 Å². The van der Waals surface area contributed by atoms with Gasteiger partial charge in [0.05, 0.1) is 33.1 Å². The number of sulfonamides is 1. The molecular formula is C27H33N5O8S. The van der Waals surface area contributed by atoms with E-state index in [2.05, 4.69) is 4.98 Å². The summed E-state index contributed by atoms with van der Waals surface area (Å²) in [5.41, 5.74) is 4.98. The van der Waals surface area contributed by atoms with Gasteiger partial charge in [0.25, 0.3) is 11.5 Å². The lowest BCUT2D eigenvalue weighted by atomic mass is 10.2. The molecule has 3 heterocycles. The van der Waals surface area contributed by atoms with E-state index >= 15 is 0 Å². The van der Waals surface area contributed by atoms with Gasteiger partial charge in [-0.15, -0.1) is 0 Å². The molecule has 0 bridgehead atoms. The number of hydrogen-bond acceptors (Lipinski definition) is 9. The van der Waals surface area contributed by atoms with Crippen molar-refractivity contribution in [1.29, 1.82) is 0 Å². The van der Waals surface area contributed by atoms with Crippen LogP contribution < -0.4 is 26.6 Å². The summed E-state index contributed by atoms with van der Waals surface area (Å²) in [6.45, 7) is 3.06. The van der Waals surface area contributed by atoms with E-state index in [-0.39, 0.29) is 61.5 Å². The molecule has 0 saturated carbocycles. The van der Waals surface area contributed by atoms with E-state index in [0.717, 1.165) is 11.3 Å². The highest BCUT2D eigenvalue weighted by atomic mass is 32.2. The van der Waals surface area contributed by atoms with Crippen LogP contribution >= 0.6 is 0 Å². The SMILES string of the molecule is CCCCn1c(N)c(N(Cc2ccco2)C(=O)/C=C/c2ccc(OC)c(S(=O)(=O)N3CCOCC3)c2)c(=O)[nH]c1=O. The number of nitrogens with one attached hydrogen (secondary N) is 1. The third-order valence-electron chi connectivity index (χ3n) is 6.57. The Balaban J connectivity index is 1.71. The van der Waals surface area contributed by atoms with Crippen LogP contribution in [0.1, 0.15) is 31.1 Å². The predicted octanol–water partition coefficient (Wildman–Crippen LogP) is 1.79. The summed E-state index contributed by atoms with van der Waals surface area (Å²) in [6, 6.07) is 7.79. The summed E-state index contributed by atoms with van der Waals surface area (Å²) in [6.07, 6.45) is 5.46. The normalized spacial score (nSPS) is 14.4. The molecule has 0 radical (unpaired) electrons. The number of aromatic nitrogens is 2. The number of amides is 1. The molecule has 0 unspecified atom stereocenters. The van der Waals surface area contributed by atoms with Gasteiger partial charge in [-0.1, -0.05) is 19.4 Å². The molecule has 14 heteroatoms. The first kappa shape index (κ1) is 29.8. The van der Waals surface area contributed by atoms with E-state index in [4.69, 9.17) is 19.6 Å². The average Bonchev–Trinajstić information content (AvgIpc) is 3.49. The number of H-pyrrole nitrogens is 1. The molecule has 1 saturated heterocycles. The lowest BCUT2D eigenvalue weighted by Crippen LogP contribution is -2.40. The van der Waals surface area contributed by atoms with E-state index in [1.54, 1.807) is 18.2 Å². The van der Waals surface area contributed by atoms with Gasteiger partial charge in [0.1, 0.15) is 22.2 Å². The van der Waals surface area contributed by atoms with Crippen molar-refractivity contribution in [3.63, 3.8) is 0 Å². The zero-order chi connectivity index (χ0) is 29.6. The van der Waals surface area contributed by atoms with Gasteiger partial charge in [-0.05, 0) is 42.3 Å². The second-order valence-corrected chi connectivity index (χ2v) is 11.2. The van der Waals surface area contributed by atoms with Crippen molar-refractivity contribution in [2.45, 2.75) is 37.8 Å². The van der Waals surface area contributed by atoms with Crippen molar-refractivity contribution in [2.24, 2.45) is 0 Å². The van der Waals surface area contributed by atoms with Crippen molar-refractivity contribution in [3.8, 4) is 5.75 Å². The van der Waals surface area contributed by atoms with Crippen molar-refractivity contribution >= 4 is 33.5 Å². The number of morpholine rings is 1. The number of aromatic amines is 1. The van der Waals surface area contributed by atoms with E-state index in [1.165, 1.54) is 46.5 Å². The first-order valence-electron chi connectivity index (χ1n) is 13.1. The van der Waals surface area contributed by atoms with Gasteiger partial charge < -0.3 is 19.6 Å². The Hall–Kier alpha value is -4.14. The van der Waals surface area contributed by atoms with Crippen molar-refractivity contribution in [3.05, 3.63) is 74.8 Å². The molecule has 13 nitrogen and oxygen atoms in total. The van der Waals surface area contributed by atoms with Crippen LogP contribution in [-0.4, -0.2) is 61.6 Å². The largest absolute Gasteiger partial charge is 0.495 e. The zero-order valence-electron chi connectivity index (χ0n) is 22.9. The second-order valence-electron chi connectivity index (χ2n) is 9.26. The Bertz CT molecular complexity index is 1620. The molecule has 2 aromatic heterocycles. The van der Waals surface area contributed by atoms with Gasteiger partial charge in [0.2, 0.25) is 10.0 Å². The summed E-state index contributed by atoms with van der Waals surface area (Å²) < 4.78 is 45.2. The molecule has 4 rings (SSSR count). The summed E-state index contributed by atoms with van der Waals surface area (Å²) >= 11 is 0. The molecule has 1 aliphatic heterocycles. The number of nitrogen functional groups attached to an aromatic ring is 1. The minimum Gasteiger partial charge on any atom is -0.495 e. The summed E-state index contributed by atoms with van der Waals surface area (Å²) in [5, 5.41) is 0. The maximum absolute atomic E-state index is 13.5. The van der Waals surface area contributed by atoms with Crippen LogP contribution in [0.25, 0.3) is 6.08 Å². The molecule has 1 fully saturated rings. The molecular weight excluding hydrogens is 554 g/mol. The Morgan fingerprint density at radius 1 is 1.22 bits per heavy atom. The Kier molecular flexibility index (Phi) is 9.47. The first-order valence-corrected chi connectivity index (χ1v) is 14.5. The molecule has 1 aromatic carbocycles. The number of nitrogens with zero attached hydrogens (tertiary/aromatic N) is 3. The van der Waals surface area contributed by atoms with E-state index in [9.17, 15) is 22.8 Å². The van der Waals surface area contributed by atoms with Gasteiger partial charge in [-0.25, -0.2) is 13.2 Å². The lowest BCUT2D eigenvalue weighted by molar-refractivity contribution is -0.114. The number of methoxy groups -OCH3 is 1. The smallest absolute Gasteiger partial charge is 0.330 e. The van der Waals surface area contributed by atoms with Crippen LogP contribution in [0.15, 0.2) is 61.6 Å². The van der Waals surface area contributed by atoms with Gasteiger partial charge in [-0.2, -0.15) is 4.31 Å². The molecule has 1 amide bonds. The third-order valence-corrected chi connectivity index (χ3v) is 8.49. The van der Waals surface area contributed by atoms with Crippen molar-refractivity contribution in [1.82, 2.24) is 13.9 Å². The number of nitrogens with two attached hydrogens (primary N) is 1. The van der Waals surface area contributed by atoms with Crippen LogP contribution in [0.4, 0.5) is 11.5 Å². The second kappa shape index (κ2) is 13.0. The van der Waals surface area contributed by atoms with Crippen LogP contribution in [0.2, 0.25) is 0 Å². The van der Waals surface area contributed by atoms with Crippen molar-refractivity contribution < 1.29 is 27.1 Å². The molecule has 0 spiro atoms. The zero-order valence-corrected chi connectivity index (χ0v) is 23.7.